The van der Waals surface area contributed by atoms with E-state index in [0.717, 1.165) is 5.57 Å². The number of allylic oxidation sites excluding steroid dienone is 3. The van der Waals surface area contributed by atoms with Gasteiger partial charge in [-0.1, -0.05) is 61.7 Å². The van der Waals surface area contributed by atoms with Crippen LogP contribution in [0.3, 0.4) is 0 Å². The molecular weight excluding hydrogens is 196 g/mol. The van der Waals surface area contributed by atoms with Crippen molar-refractivity contribution in [1.29, 1.82) is 0 Å². The quantitative estimate of drug-likeness (QED) is 0.656. The van der Waals surface area contributed by atoms with Crippen molar-refractivity contribution in [2.75, 3.05) is 13.7 Å². The highest BCUT2D eigenvalue weighted by Crippen LogP contribution is 2.25. The Morgan fingerprint density at radius 2 is 2.00 bits per heavy atom. The molecule has 1 aromatic rings. The van der Waals surface area contributed by atoms with E-state index in [4.69, 9.17) is 4.74 Å². The van der Waals surface area contributed by atoms with Crippen molar-refractivity contribution >= 4 is 0 Å². The highest BCUT2D eigenvalue weighted by Gasteiger charge is 2.13. The van der Waals surface area contributed by atoms with Crippen LogP contribution in [0.25, 0.3) is 0 Å². The van der Waals surface area contributed by atoms with Crippen LogP contribution >= 0.6 is 0 Å². The first kappa shape index (κ1) is 12.5. The molecule has 1 rings (SSSR count). The highest BCUT2D eigenvalue weighted by molar-refractivity contribution is 5.36. The van der Waals surface area contributed by atoms with Crippen LogP contribution in [0, 0.1) is 0 Å². The number of hydrogen-bond acceptors (Lipinski definition) is 1. The van der Waals surface area contributed by atoms with Crippen LogP contribution in [0.15, 0.2) is 67.3 Å². The van der Waals surface area contributed by atoms with E-state index in [1.54, 1.807) is 13.2 Å². The molecule has 84 valence electrons. The van der Waals surface area contributed by atoms with Crippen molar-refractivity contribution in [2.45, 2.75) is 5.92 Å². The zero-order valence-corrected chi connectivity index (χ0v) is 9.73. The molecule has 0 heterocycles. The number of hydrogen-bond donors (Lipinski definition) is 0. The molecule has 0 aromatic heterocycles. The minimum absolute atomic E-state index is 0.224. The molecule has 0 N–H and O–H groups in total. The molecule has 0 amide bonds. The van der Waals surface area contributed by atoms with Gasteiger partial charge in [0.15, 0.2) is 0 Å². The molecule has 0 aliphatic heterocycles. The van der Waals surface area contributed by atoms with E-state index in [-0.39, 0.29) is 5.92 Å². The Morgan fingerprint density at radius 1 is 1.31 bits per heavy atom. The maximum absolute atomic E-state index is 5.26. The van der Waals surface area contributed by atoms with Crippen molar-refractivity contribution in [3.8, 4) is 0 Å². The maximum Gasteiger partial charge on any atom is 0.0571 e. The molecule has 0 aliphatic carbocycles. The molecule has 1 aromatic carbocycles. The summed E-state index contributed by atoms with van der Waals surface area (Å²) in [5.74, 6) is 0.224. The van der Waals surface area contributed by atoms with Crippen LogP contribution in [-0.2, 0) is 4.74 Å². The molecule has 1 heteroatoms. The van der Waals surface area contributed by atoms with Crippen LogP contribution in [-0.4, -0.2) is 13.7 Å². The summed E-state index contributed by atoms with van der Waals surface area (Å²) >= 11 is 0. The third-order valence-electron chi connectivity index (χ3n) is 2.48. The second-order valence-electron chi connectivity index (χ2n) is 3.53. The number of methoxy groups -OCH3 is 1. The Bertz CT molecular complexity index is 362. The molecular formula is C15H18O. The Hall–Kier alpha value is -1.60. The lowest BCUT2D eigenvalue weighted by Gasteiger charge is -2.17. The summed E-state index contributed by atoms with van der Waals surface area (Å²) in [7, 11) is 1.71. The third kappa shape index (κ3) is 3.21. The van der Waals surface area contributed by atoms with Gasteiger partial charge in [-0.05, 0) is 11.1 Å². The van der Waals surface area contributed by atoms with E-state index < -0.39 is 0 Å². The van der Waals surface area contributed by atoms with E-state index in [1.165, 1.54) is 5.56 Å². The lowest BCUT2D eigenvalue weighted by atomic mass is 9.91. The largest absolute Gasteiger partial charge is 0.384 e. The Morgan fingerprint density at radius 3 is 2.50 bits per heavy atom. The van der Waals surface area contributed by atoms with E-state index in [1.807, 2.05) is 30.4 Å². The summed E-state index contributed by atoms with van der Waals surface area (Å²) in [5.41, 5.74) is 2.36. The van der Waals surface area contributed by atoms with Gasteiger partial charge in [-0.2, -0.15) is 0 Å². The SMILES string of the molecule is C=C/C=C(\C=C)C(COC)c1ccccc1. The number of ether oxygens (including phenoxy) is 1. The van der Waals surface area contributed by atoms with E-state index >= 15 is 0 Å². The van der Waals surface area contributed by atoms with Crippen molar-refractivity contribution < 1.29 is 4.74 Å². The first-order valence-electron chi connectivity index (χ1n) is 5.32. The van der Waals surface area contributed by atoms with Crippen molar-refractivity contribution in [2.24, 2.45) is 0 Å². The minimum Gasteiger partial charge on any atom is -0.384 e. The molecule has 0 bridgehead atoms. The van der Waals surface area contributed by atoms with Crippen LogP contribution in [0.4, 0.5) is 0 Å². The zero-order valence-electron chi connectivity index (χ0n) is 9.73. The third-order valence-corrected chi connectivity index (χ3v) is 2.48. The van der Waals surface area contributed by atoms with Crippen molar-refractivity contribution in [3.05, 3.63) is 72.9 Å². The molecule has 0 saturated carbocycles. The smallest absolute Gasteiger partial charge is 0.0571 e. The fraction of sp³-hybridized carbons (Fsp3) is 0.200. The van der Waals surface area contributed by atoms with Gasteiger partial charge in [0, 0.05) is 13.0 Å². The molecule has 0 radical (unpaired) electrons. The highest BCUT2D eigenvalue weighted by atomic mass is 16.5. The van der Waals surface area contributed by atoms with Crippen molar-refractivity contribution in [1.82, 2.24) is 0 Å². The van der Waals surface area contributed by atoms with E-state index in [9.17, 15) is 0 Å². The summed E-state index contributed by atoms with van der Waals surface area (Å²) in [6.45, 7) is 8.20. The molecule has 0 aliphatic rings. The van der Waals surface area contributed by atoms with Crippen LogP contribution in [0.5, 0.6) is 0 Å². The maximum atomic E-state index is 5.26. The lowest BCUT2D eigenvalue weighted by Crippen LogP contribution is -2.08. The molecule has 1 atom stereocenters. The van der Waals surface area contributed by atoms with Gasteiger partial charge in [0.2, 0.25) is 0 Å². The topological polar surface area (TPSA) is 9.23 Å². The summed E-state index contributed by atoms with van der Waals surface area (Å²) in [4.78, 5) is 0. The van der Waals surface area contributed by atoms with Gasteiger partial charge < -0.3 is 4.74 Å². The minimum atomic E-state index is 0.224. The molecule has 0 spiro atoms. The van der Waals surface area contributed by atoms with E-state index in [2.05, 4.69) is 25.3 Å². The fourth-order valence-corrected chi connectivity index (χ4v) is 1.70. The normalized spacial score (nSPS) is 13.2. The van der Waals surface area contributed by atoms with Gasteiger partial charge in [-0.25, -0.2) is 0 Å². The first-order valence-corrected chi connectivity index (χ1v) is 5.32. The van der Waals surface area contributed by atoms with Crippen LogP contribution in [0.1, 0.15) is 11.5 Å². The van der Waals surface area contributed by atoms with Crippen molar-refractivity contribution in [3.63, 3.8) is 0 Å². The second kappa shape index (κ2) is 6.81. The monoisotopic (exact) mass is 214 g/mol. The number of benzene rings is 1. The van der Waals surface area contributed by atoms with Gasteiger partial charge in [0.05, 0.1) is 6.61 Å². The van der Waals surface area contributed by atoms with Crippen LogP contribution in [0.2, 0.25) is 0 Å². The summed E-state index contributed by atoms with van der Waals surface area (Å²) < 4.78 is 5.26. The number of rotatable bonds is 6. The molecule has 1 nitrogen and oxygen atoms in total. The molecule has 16 heavy (non-hydrogen) atoms. The predicted octanol–water partition coefficient (Wildman–Crippen LogP) is 3.72. The van der Waals surface area contributed by atoms with Crippen LogP contribution < -0.4 is 0 Å². The van der Waals surface area contributed by atoms with E-state index in [0.29, 0.717) is 6.61 Å². The summed E-state index contributed by atoms with van der Waals surface area (Å²) in [5, 5.41) is 0. The van der Waals surface area contributed by atoms with Gasteiger partial charge in [0.1, 0.15) is 0 Å². The van der Waals surface area contributed by atoms with Gasteiger partial charge in [0.25, 0.3) is 0 Å². The van der Waals surface area contributed by atoms with Gasteiger partial charge in [-0.15, -0.1) is 0 Å². The Kier molecular flexibility index (Phi) is 5.30. The average molecular weight is 214 g/mol. The van der Waals surface area contributed by atoms with Gasteiger partial charge in [-0.3, -0.25) is 0 Å². The Balaban J connectivity index is 3.03. The zero-order chi connectivity index (χ0) is 11.8. The van der Waals surface area contributed by atoms with Gasteiger partial charge >= 0.3 is 0 Å². The fourth-order valence-electron chi connectivity index (χ4n) is 1.70. The molecule has 0 saturated heterocycles. The summed E-state index contributed by atoms with van der Waals surface area (Å²) in [6, 6.07) is 10.3. The average Bonchev–Trinajstić information content (AvgIpc) is 2.35. The molecule has 0 fully saturated rings. The predicted molar refractivity (Wildman–Crippen MR) is 69.5 cm³/mol. The molecule has 1 unspecified atom stereocenters. The standard InChI is InChI=1S/C15H18O/c1-4-9-13(5-2)15(12-16-3)14-10-7-6-8-11-14/h4-11,15H,1-2,12H2,3H3/b13-9+. The first-order chi connectivity index (χ1) is 7.83. The second-order valence-corrected chi connectivity index (χ2v) is 3.53. The summed E-state index contributed by atoms with van der Waals surface area (Å²) in [6.07, 6.45) is 5.62. The Labute approximate surface area is 97.8 Å². The lowest BCUT2D eigenvalue weighted by molar-refractivity contribution is 0.189.